The normalized spacial score (nSPS) is 12.6. The van der Waals surface area contributed by atoms with Crippen molar-refractivity contribution in [2.45, 2.75) is 39.2 Å². The van der Waals surface area contributed by atoms with E-state index < -0.39 is 11.9 Å². The van der Waals surface area contributed by atoms with Gasteiger partial charge < -0.3 is 14.8 Å². The third-order valence-corrected chi connectivity index (χ3v) is 7.81. The fraction of sp³-hybridized carbons (Fsp3) is 0.241. The third-order valence-electron chi connectivity index (χ3n) is 5.99. The highest BCUT2D eigenvalue weighted by atomic mass is 79.9. The Morgan fingerprint density at radius 1 is 1.13 bits per heavy atom. The van der Waals surface area contributed by atoms with Gasteiger partial charge in [-0.05, 0) is 95.6 Å². The lowest BCUT2D eigenvalue weighted by Gasteiger charge is -2.12. The zero-order valence-corrected chi connectivity index (χ0v) is 23.1. The van der Waals surface area contributed by atoms with Gasteiger partial charge in [0.15, 0.2) is 0 Å². The first-order valence-electron chi connectivity index (χ1n) is 12.1. The van der Waals surface area contributed by atoms with Crippen LogP contribution in [-0.2, 0) is 29.0 Å². The standard InChI is InChI=1S/C29H24BrN3O4S/c1-2-36-29(35)26-22-5-3-4-6-25(22)38-28(26)33-27(34)21(16-32)13-20-11-12-24(23(30)14-20)37-17-19-9-7-18(15-31)8-10-19/h7-14H,2-6,17H2,1H3,(H,33,34)/b21-13+. The number of esters is 1. The minimum atomic E-state index is -0.589. The molecule has 9 heteroatoms. The predicted molar refractivity (Wildman–Crippen MR) is 149 cm³/mol. The Morgan fingerprint density at radius 2 is 1.89 bits per heavy atom. The van der Waals surface area contributed by atoms with Gasteiger partial charge in [0.05, 0.1) is 28.3 Å². The van der Waals surface area contributed by atoms with Gasteiger partial charge >= 0.3 is 5.97 Å². The minimum Gasteiger partial charge on any atom is -0.488 e. The highest BCUT2D eigenvalue weighted by Gasteiger charge is 2.27. The van der Waals surface area contributed by atoms with Gasteiger partial charge in [0.1, 0.15) is 29.0 Å². The van der Waals surface area contributed by atoms with Crippen LogP contribution in [0.25, 0.3) is 6.08 Å². The Hall–Kier alpha value is -3.92. The van der Waals surface area contributed by atoms with Gasteiger partial charge in [-0.25, -0.2) is 4.79 Å². The molecular formula is C29H24BrN3O4S. The Morgan fingerprint density at radius 3 is 2.58 bits per heavy atom. The molecule has 1 heterocycles. The van der Waals surface area contributed by atoms with Crippen molar-refractivity contribution >= 4 is 50.2 Å². The number of benzene rings is 2. The molecule has 1 aliphatic carbocycles. The van der Waals surface area contributed by atoms with Gasteiger partial charge in [-0.15, -0.1) is 11.3 Å². The van der Waals surface area contributed by atoms with E-state index in [1.165, 1.54) is 17.4 Å². The van der Waals surface area contributed by atoms with Crippen molar-refractivity contribution in [3.63, 3.8) is 0 Å². The molecule has 1 aromatic heterocycles. The molecule has 1 aliphatic rings. The maximum atomic E-state index is 13.0. The molecular weight excluding hydrogens is 566 g/mol. The van der Waals surface area contributed by atoms with Crippen molar-refractivity contribution in [2.24, 2.45) is 0 Å². The van der Waals surface area contributed by atoms with Crippen molar-refractivity contribution in [2.75, 3.05) is 11.9 Å². The Balaban J connectivity index is 1.49. The SMILES string of the molecule is CCOC(=O)c1c(NC(=O)/C(C#N)=C/c2ccc(OCc3ccc(C#N)cc3)c(Br)c2)sc2c1CCCC2. The highest BCUT2D eigenvalue weighted by Crippen LogP contribution is 2.39. The number of carbonyl (C=O) groups excluding carboxylic acids is 2. The number of nitrogens with one attached hydrogen (secondary N) is 1. The molecule has 0 radical (unpaired) electrons. The number of nitriles is 2. The van der Waals surface area contributed by atoms with Crippen LogP contribution in [0.2, 0.25) is 0 Å². The second-order valence-corrected chi connectivity index (χ2v) is 10.5. The van der Waals surface area contributed by atoms with Crippen LogP contribution in [0.15, 0.2) is 52.5 Å². The van der Waals surface area contributed by atoms with E-state index in [2.05, 4.69) is 27.3 Å². The van der Waals surface area contributed by atoms with E-state index in [0.717, 1.165) is 41.7 Å². The van der Waals surface area contributed by atoms with Gasteiger partial charge in [-0.2, -0.15) is 10.5 Å². The number of amides is 1. The van der Waals surface area contributed by atoms with Crippen LogP contribution in [0.5, 0.6) is 5.75 Å². The van der Waals surface area contributed by atoms with Crippen LogP contribution in [-0.4, -0.2) is 18.5 Å². The molecule has 0 unspecified atom stereocenters. The van der Waals surface area contributed by atoms with Crippen molar-refractivity contribution in [1.82, 2.24) is 0 Å². The molecule has 3 aromatic rings. The number of anilines is 1. The number of ether oxygens (including phenoxy) is 2. The molecule has 0 fully saturated rings. The molecule has 0 saturated heterocycles. The Labute approximate surface area is 233 Å². The molecule has 1 N–H and O–H groups in total. The monoisotopic (exact) mass is 589 g/mol. The number of thiophene rings is 1. The number of aryl methyl sites for hydroxylation is 1. The van der Waals surface area contributed by atoms with Crippen LogP contribution in [0.1, 0.15) is 57.3 Å². The van der Waals surface area contributed by atoms with Crippen LogP contribution in [0.4, 0.5) is 5.00 Å². The fourth-order valence-corrected chi connectivity index (χ4v) is 5.90. The first-order valence-corrected chi connectivity index (χ1v) is 13.7. The van der Waals surface area contributed by atoms with Gasteiger partial charge in [-0.3, -0.25) is 4.79 Å². The predicted octanol–water partition coefficient (Wildman–Crippen LogP) is 6.56. The largest absolute Gasteiger partial charge is 0.488 e. The average Bonchev–Trinajstić information content (AvgIpc) is 3.29. The Bertz CT molecular complexity index is 1480. The van der Waals surface area contributed by atoms with E-state index in [-0.39, 0.29) is 12.2 Å². The number of nitrogens with zero attached hydrogens (tertiary/aromatic N) is 2. The smallest absolute Gasteiger partial charge is 0.341 e. The number of hydrogen-bond donors (Lipinski definition) is 1. The van der Waals surface area contributed by atoms with E-state index in [4.69, 9.17) is 14.7 Å². The minimum absolute atomic E-state index is 0.0932. The van der Waals surface area contributed by atoms with Crippen molar-refractivity contribution in [3.05, 3.63) is 85.2 Å². The zero-order valence-electron chi connectivity index (χ0n) is 20.7. The summed E-state index contributed by atoms with van der Waals surface area (Å²) in [4.78, 5) is 26.8. The second-order valence-electron chi connectivity index (χ2n) is 8.55. The number of hydrogen-bond acceptors (Lipinski definition) is 7. The molecule has 0 aliphatic heterocycles. The molecule has 4 rings (SSSR count). The van der Waals surface area contributed by atoms with Crippen molar-refractivity contribution in [1.29, 1.82) is 10.5 Å². The van der Waals surface area contributed by atoms with Crippen LogP contribution >= 0.6 is 27.3 Å². The first-order chi connectivity index (χ1) is 18.4. The summed E-state index contributed by atoms with van der Waals surface area (Å²) < 4.78 is 11.8. The summed E-state index contributed by atoms with van der Waals surface area (Å²) in [6, 6.07) is 16.4. The zero-order chi connectivity index (χ0) is 27.1. The van der Waals surface area contributed by atoms with E-state index in [0.29, 0.717) is 38.5 Å². The van der Waals surface area contributed by atoms with Gasteiger partial charge in [0.25, 0.3) is 5.91 Å². The first kappa shape index (κ1) is 27.1. The Kier molecular flexibility index (Phi) is 8.96. The second kappa shape index (κ2) is 12.6. The van der Waals surface area contributed by atoms with E-state index in [1.807, 2.05) is 18.2 Å². The van der Waals surface area contributed by atoms with Crippen molar-refractivity contribution in [3.8, 4) is 17.9 Å². The van der Waals surface area contributed by atoms with Crippen LogP contribution in [0.3, 0.4) is 0 Å². The van der Waals surface area contributed by atoms with E-state index in [9.17, 15) is 14.9 Å². The molecule has 2 aromatic carbocycles. The molecule has 0 spiro atoms. The molecule has 192 valence electrons. The lowest BCUT2D eigenvalue weighted by molar-refractivity contribution is -0.112. The fourth-order valence-electron chi connectivity index (χ4n) is 4.12. The summed E-state index contributed by atoms with van der Waals surface area (Å²) in [5.41, 5.74) is 3.39. The van der Waals surface area contributed by atoms with E-state index >= 15 is 0 Å². The van der Waals surface area contributed by atoms with Crippen molar-refractivity contribution < 1.29 is 19.1 Å². The number of carbonyl (C=O) groups is 2. The van der Waals surface area contributed by atoms with Gasteiger partial charge in [-0.1, -0.05) is 18.2 Å². The summed E-state index contributed by atoms with van der Waals surface area (Å²) >= 11 is 4.87. The average molecular weight is 590 g/mol. The molecule has 1 amide bonds. The molecule has 0 bridgehead atoms. The maximum absolute atomic E-state index is 13.0. The number of halogens is 1. The molecule has 0 saturated carbocycles. The number of fused-ring (bicyclic) bond motifs is 1. The van der Waals surface area contributed by atoms with E-state index in [1.54, 1.807) is 37.3 Å². The van der Waals surface area contributed by atoms with Gasteiger partial charge in [0, 0.05) is 4.88 Å². The highest BCUT2D eigenvalue weighted by molar-refractivity contribution is 9.10. The van der Waals surface area contributed by atoms with Crippen LogP contribution in [0, 0.1) is 22.7 Å². The van der Waals surface area contributed by atoms with Gasteiger partial charge in [0.2, 0.25) is 0 Å². The summed E-state index contributed by atoms with van der Waals surface area (Å²) in [7, 11) is 0. The summed E-state index contributed by atoms with van der Waals surface area (Å²) in [5.74, 6) is -0.447. The van der Waals surface area contributed by atoms with Crippen LogP contribution < -0.4 is 10.1 Å². The summed E-state index contributed by atoms with van der Waals surface area (Å²) in [5, 5.41) is 21.8. The summed E-state index contributed by atoms with van der Waals surface area (Å²) in [6.07, 6.45) is 5.13. The quantitative estimate of drug-likeness (QED) is 0.181. The molecule has 38 heavy (non-hydrogen) atoms. The molecule has 0 atom stereocenters. The third kappa shape index (κ3) is 6.31. The maximum Gasteiger partial charge on any atom is 0.341 e. The summed E-state index contributed by atoms with van der Waals surface area (Å²) in [6.45, 7) is 2.30. The lowest BCUT2D eigenvalue weighted by Crippen LogP contribution is -2.16. The topological polar surface area (TPSA) is 112 Å². The lowest BCUT2D eigenvalue weighted by atomic mass is 9.95. The molecule has 7 nitrogen and oxygen atoms in total. The number of rotatable bonds is 8.